The van der Waals surface area contributed by atoms with Gasteiger partial charge in [-0.2, -0.15) is 0 Å². The number of pyridine rings is 1. The van der Waals surface area contributed by atoms with Crippen LogP contribution in [0.3, 0.4) is 0 Å². The lowest BCUT2D eigenvalue weighted by molar-refractivity contribution is -0.136. The molecule has 19 heavy (non-hydrogen) atoms. The van der Waals surface area contributed by atoms with E-state index in [-0.39, 0.29) is 11.4 Å². The summed E-state index contributed by atoms with van der Waals surface area (Å²) in [6.45, 7) is 0. The Morgan fingerprint density at radius 1 is 1.47 bits per heavy atom. The molecule has 0 bridgehead atoms. The largest absolute Gasteiger partial charge is 0.481 e. The fourth-order valence-corrected chi connectivity index (χ4v) is 1.67. The van der Waals surface area contributed by atoms with Crippen molar-refractivity contribution in [2.75, 3.05) is 5.73 Å². The monoisotopic (exact) mass is 260 g/mol. The molecular weight excluding hydrogens is 248 g/mol. The van der Waals surface area contributed by atoms with E-state index in [1.165, 1.54) is 0 Å². The van der Waals surface area contributed by atoms with Gasteiger partial charge in [0.15, 0.2) is 0 Å². The molecule has 7 nitrogen and oxygen atoms in total. The molecule has 0 saturated carbocycles. The summed E-state index contributed by atoms with van der Waals surface area (Å²) >= 11 is 0. The van der Waals surface area contributed by atoms with Gasteiger partial charge in [-0.15, -0.1) is 0 Å². The fourth-order valence-electron chi connectivity index (χ4n) is 1.67. The fraction of sp³-hybridized carbons (Fsp3) is 0.167. The van der Waals surface area contributed by atoms with Crippen LogP contribution in [0.2, 0.25) is 0 Å². The van der Waals surface area contributed by atoms with Crippen LogP contribution in [0.4, 0.5) is 5.82 Å². The van der Waals surface area contributed by atoms with E-state index in [4.69, 9.17) is 10.8 Å². The summed E-state index contributed by atoms with van der Waals surface area (Å²) in [6, 6.07) is 3.62. The smallest absolute Gasteiger partial charge is 0.308 e. The van der Waals surface area contributed by atoms with Crippen molar-refractivity contribution in [3.05, 3.63) is 51.8 Å². The van der Waals surface area contributed by atoms with Gasteiger partial charge in [0.2, 0.25) is 0 Å². The number of nitrogens with zero attached hydrogens (tertiary/aromatic N) is 2. The molecule has 0 saturated heterocycles. The van der Waals surface area contributed by atoms with Crippen LogP contribution in [0.15, 0.2) is 29.3 Å². The van der Waals surface area contributed by atoms with Crippen molar-refractivity contribution in [1.82, 2.24) is 15.0 Å². The zero-order valence-corrected chi connectivity index (χ0v) is 9.96. The number of carbonyl (C=O) groups is 1. The topological polar surface area (TPSA) is 122 Å². The summed E-state index contributed by atoms with van der Waals surface area (Å²) < 4.78 is 0. The van der Waals surface area contributed by atoms with Crippen molar-refractivity contribution < 1.29 is 9.90 Å². The minimum atomic E-state index is -1.13. The number of hydrogen-bond acceptors (Lipinski definition) is 5. The Labute approximate surface area is 108 Å². The number of hydrogen-bond donors (Lipinski definition) is 3. The third-order valence-electron chi connectivity index (χ3n) is 2.52. The first-order valence-corrected chi connectivity index (χ1v) is 5.54. The summed E-state index contributed by atoms with van der Waals surface area (Å²) in [5, 5.41) is 8.68. The number of anilines is 1. The molecular formula is C12H12N4O3. The first-order chi connectivity index (χ1) is 9.06. The number of aromatic amines is 1. The Morgan fingerprint density at radius 3 is 2.84 bits per heavy atom. The van der Waals surface area contributed by atoms with E-state index in [9.17, 15) is 9.59 Å². The summed E-state index contributed by atoms with van der Waals surface area (Å²) in [6.07, 6.45) is 3.23. The molecule has 0 unspecified atom stereocenters. The molecule has 98 valence electrons. The Balaban J connectivity index is 2.30. The molecule has 0 atom stereocenters. The Morgan fingerprint density at radius 2 is 2.26 bits per heavy atom. The van der Waals surface area contributed by atoms with Gasteiger partial charge < -0.3 is 15.8 Å². The molecule has 0 fully saturated rings. The highest BCUT2D eigenvalue weighted by molar-refractivity contribution is 5.71. The summed E-state index contributed by atoms with van der Waals surface area (Å²) in [7, 11) is 0. The molecule has 7 heteroatoms. The van der Waals surface area contributed by atoms with Crippen LogP contribution in [-0.2, 0) is 17.6 Å². The molecule has 2 aromatic heterocycles. The second-order valence-electron chi connectivity index (χ2n) is 3.98. The number of nitrogen functional groups attached to an aromatic ring is 1. The predicted octanol–water partition coefficient (Wildman–Crippen LogP) is -0.0350. The average Bonchev–Trinajstić information content (AvgIpc) is 2.35. The second kappa shape index (κ2) is 5.30. The van der Waals surface area contributed by atoms with Crippen LogP contribution >= 0.6 is 0 Å². The molecule has 0 aliphatic rings. The number of H-pyrrole nitrogens is 1. The number of nitrogens with two attached hydrogens (primary N) is 1. The van der Waals surface area contributed by atoms with E-state index in [0.29, 0.717) is 12.2 Å². The number of carboxylic acids is 1. The van der Waals surface area contributed by atoms with Gasteiger partial charge in [-0.05, 0) is 11.6 Å². The SMILES string of the molecule is Nc1nc(Cc2cccnc2)[nH]c(=O)c1CC(=O)O. The standard InChI is InChI=1S/C12H12N4O3/c13-11-8(5-10(17)18)12(19)16-9(15-11)4-7-2-1-3-14-6-7/h1-3,6H,4-5H2,(H,17,18)(H3,13,15,16,19). The maximum atomic E-state index is 11.7. The summed E-state index contributed by atoms with van der Waals surface area (Å²) in [4.78, 5) is 32.8. The lowest BCUT2D eigenvalue weighted by Crippen LogP contribution is -2.22. The van der Waals surface area contributed by atoms with Crippen molar-refractivity contribution in [2.45, 2.75) is 12.8 Å². The van der Waals surface area contributed by atoms with Gasteiger partial charge in [0.05, 0.1) is 12.0 Å². The Hall–Kier alpha value is -2.70. The minimum Gasteiger partial charge on any atom is -0.481 e. The number of rotatable bonds is 4. The van der Waals surface area contributed by atoms with Gasteiger partial charge in [-0.1, -0.05) is 6.07 Å². The highest BCUT2D eigenvalue weighted by Gasteiger charge is 2.12. The van der Waals surface area contributed by atoms with Gasteiger partial charge >= 0.3 is 5.97 Å². The third kappa shape index (κ3) is 3.15. The van der Waals surface area contributed by atoms with E-state index in [2.05, 4.69) is 15.0 Å². The number of aliphatic carboxylic acids is 1. The lowest BCUT2D eigenvalue weighted by Gasteiger charge is -2.05. The van der Waals surface area contributed by atoms with Crippen LogP contribution in [-0.4, -0.2) is 26.0 Å². The normalized spacial score (nSPS) is 10.3. The van der Waals surface area contributed by atoms with Crippen molar-refractivity contribution in [2.24, 2.45) is 0 Å². The molecule has 2 rings (SSSR count). The molecule has 0 aliphatic carbocycles. The lowest BCUT2D eigenvalue weighted by atomic mass is 10.2. The van der Waals surface area contributed by atoms with Gasteiger partial charge in [0.1, 0.15) is 11.6 Å². The van der Waals surface area contributed by atoms with E-state index < -0.39 is 17.9 Å². The van der Waals surface area contributed by atoms with Crippen LogP contribution < -0.4 is 11.3 Å². The zero-order valence-electron chi connectivity index (χ0n) is 9.96. The highest BCUT2D eigenvalue weighted by atomic mass is 16.4. The first kappa shape index (κ1) is 12.7. The van der Waals surface area contributed by atoms with Crippen LogP contribution in [0, 0.1) is 0 Å². The minimum absolute atomic E-state index is 0.0255. The number of aromatic nitrogens is 3. The average molecular weight is 260 g/mol. The first-order valence-electron chi connectivity index (χ1n) is 5.54. The van der Waals surface area contributed by atoms with E-state index >= 15 is 0 Å². The molecule has 0 amide bonds. The third-order valence-corrected chi connectivity index (χ3v) is 2.52. The van der Waals surface area contributed by atoms with E-state index in [0.717, 1.165) is 5.56 Å². The molecule has 2 heterocycles. The van der Waals surface area contributed by atoms with Gasteiger partial charge in [-0.3, -0.25) is 14.6 Å². The van der Waals surface area contributed by atoms with E-state index in [1.54, 1.807) is 18.5 Å². The van der Waals surface area contributed by atoms with Crippen LogP contribution in [0.1, 0.15) is 17.0 Å². The van der Waals surface area contributed by atoms with Crippen molar-refractivity contribution >= 4 is 11.8 Å². The maximum Gasteiger partial charge on any atom is 0.308 e. The predicted molar refractivity (Wildman–Crippen MR) is 67.7 cm³/mol. The van der Waals surface area contributed by atoms with Crippen molar-refractivity contribution in [3.63, 3.8) is 0 Å². The molecule has 0 spiro atoms. The zero-order chi connectivity index (χ0) is 13.8. The molecule has 0 aliphatic heterocycles. The quantitative estimate of drug-likeness (QED) is 0.709. The van der Waals surface area contributed by atoms with Gasteiger partial charge in [-0.25, -0.2) is 4.98 Å². The number of nitrogens with one attached hydrogen (secondary N) is 1. The van der Waals surface area contributed by atoms with Gasteiger partial charge in [0.25, 0.3) is 5.56 Å². The van der Waals surface area contributed by atoms with Gasteiger partial charge in [0, 0.05) is 18.8 Å². The molecule has 4 N–H and O–H groups in total. The summed E-state index contributed by atoms with van der Waals surface area (Å²) in [5.74, 6) is -0.798. The van der Waals surface area contributed by atoms with Crippen LogP contribution in [0.5, 0.6) is 0 Å². The second-order valence-corrected chi connectivity index (χ2v) is 3.98. The van der Waals surface area contributed by atoms with Crippen molar-refractivity contribution in [3.8, 4) is 0 Å². The summed E-state index contributed by atoms with van der Waals surface area (Å²) in [5.41, 5.74) is 5.94. The molecule has 2 aromatic rings. The molecule has 0 aromatic carbocycles. The maximum absolute atomic E-state index is 11.7. The number of carboxylic acid groups (broad SMARTS) is 1. The van der Waals surface area contributed by atoms with Crippen molar-refractivity contribution in [1.29, 1.82) is 0 Å². The van der Waals surface area contributed by atoms with E-state index in [1.807, 2.05) is 6.07 Å². The van der Waals surface area contributed by atoms with Crippen LogP contribution in [0.25, 0.3) is 0 Å². The Bertz CT molecular complexity index is 652. The molecule has 0 radical (unpaired) electrons. The Kier molecular flexibility index (Phi) is 3.56. The highest BCUT2D eigenvalue weighted by Crippen LogP contribution is 2.07.